The summed E-state index contributed by atoms with van der Waals surface area (Å²) in [5.74, 6) is 7.40. The van der Waals surface area contributed by atoms with Crippen LogP contribution in [0.25, 0.3) is 11.6 Å². The van der Waals surface area contributed by atoms with E-state index in [1.165, 1.54) is 28.3 Å². The first-order chi connectivity index (χ1) is 12.0. The van der Waals surface area contributed by atoms with E-state index in [4.69, 9.17) is 10.3 Å². The lowest BCUT2D eigenvalue weighted by Crippen LogP contribution is -2.16. The number of aromatic nitrogens is 3. The van der Waals surface area contributed by atoms with Crippen LogP contribution in [0, 0.1) is 0 Å². The number of carbonyl (C=O) groups excluding carboxylic acids is 1. The minimum atomic E-state index is -0.134. The Morgan fingerprint density at radius 1 is 1.28 bits per heavy atom. The van der Waals surface area contributed by atoms with Crippen molar-refractivity contribution in [3.8, 4) is 11.6 Å². The number of nitrogens with zero attached hydrogens (tertiary/aromatic N) is 3. The number of hydrogen-bond acceptors (Lipinski definition) is 6. The molecule has 0 saturated heterocycles. The lowest BCUT2D eigenvalue weighted by molar-refractivity contribution is -0.113. The van der Waals surface area contributed by atoms with E-state index >= 15 is 0 Å². The lowest BCUT2D eigenvalue weighted by Gasteiger charge is -2.08. The molecule has 2 heterocycles. The van der Waals surface area contributed by atoms with Crippen molar-refractivity contribution in [2.45, 2.75) is 24.9 Å². The van der Waals surface area contributed by atoms with E-state index in [1.54, 1.807) is 12.1 Å². The van der Waals surface area contributed by atoms with Crippen molar-refractivity contribution in [1.29, 1.82) is 0 Å². The minimum Gasteiger partial charge on any atom is -0.461 e. The average molecular weight is 357 g/mol. The number of nitrogens with two attached hydrogens (primary N) is 1. The molecule has 0 spiro atoms. The average Bonchev–Trinajstić information content (AvgIpc) is 3.23. The third-order valence-corrected chi connectivity index (χ3v) is 4.54. The van der Waals surface area contributed by atoms with Crippen LogP contribution in [0.4, 0.5) is 5.69 Å². The van der Waals surface area contributed by atoms with Crippen LogP contribution < -0.4 is 11.2 Å². The Labute approximate surface area is 149 Å². The zero-order chi connectivity index (χ0) is 17.8. The van der Waals surface area contributed by atoms with Crippen molar-refractivity contribution in [2.75, 3.05) is 16.9 Å². The van der Waals surface area contributed by atoms with Crippen LogP contribution in [0.2, 0.25) is 0 Å². The van der Waals surface area contributed by atoms with Crippen LogP contribution in [0.3, 0.4) is 0 Å². The fourth-order valence-electron chi connectivity index (χ4n) is 2.23. The van der Waals surface area contributed by atoms with Gasteiger partial charge in [-0.15, -0.1) is 10.2 Å². The molecule has 0 aliphatic heterocycles. The van der Waals surface area contributed by atoms with Gasteiger partial charge in [0.05, 0.1) is 12.0 Å². The second-order valence-electron chi connectivity index (χ2n) is 5.77. The van der Waals surface area contributed by atoms with Crippen LogP contribution in [0.1, 0.15) is 25.3 Å². The molecule has 0 fully saturated rings. The van der Waals surface area contributed by atoms with Gasteiger partial charge in [0.25, 0.3) is 0 Å². The molecule has 3 aromatic rings. The number of rotatable bonds is 6. The second kappa shape index (κ2) is 7.43. The number of carbonyl (C=O) groups is 1. The zero-order valence-corrected chi connectivity index (χ0v) is 14.8. The molecule has 3 N–H and O–H groups in total. The first kappa shape index (κ1) is 17.1. The molecule has 25 heavy (non-hydrogen) atoms. The minimum absolute atomic E-state index is 0.134. The normalized spacial score (nSPS) is 11.0. The third-order valence-electron chi connectivity index (χ3n) is 3.60. The number of benzene rings is 1. The molecule has 7 nitrogen and oxygen atoms in total. The number of amides is 1. The highest BCUT2D eigenvalue weighted by Crippen LogP contribution is 2.22. The molecule has 0 radical (unpaired) electrons. The smallest absolute Gasteiger partial charge is 0.234 e. The Morgan fingerprint density at radius 3 is 2.68 bits per heavy atom. The van der Waals surface area contributed by atoms with Gasteiger partial charge in [-0.3, -0.25) is 4.79 Å². The van der Waals surface area contributed by atoms with Gasteiger partial charge in [0, 0.05) is 5.69 Å². The summed E-state index contributed by atoms with van der Waals surface area (Å²) in [7, 11) is 0. The molecule has 0 aliphatic rings. The van der Waals surface area contributed by atoms with Gasteiger partial charge in [0.1, 0.15) is 0 Å². The van der Waals surface area contributed by atoms with E-state index in [-0.39, 0.29) is 11.7 Å². The van der Waals surface area contributed by atoms with Gasteiger partial charge in [-0.2, -0.15) is 0 Å². The number of anilines is 1. The molecule has 0 unspecified atom stereocenters. The molecule has 0 aliphatic carbocycles. The number of nitrogen functional groups attached to an aromatic ring is 1. The summed E-state index contributed by atoms with van der Waals surface area (Å²) in [4.78, 5) is 12.1. The van der Waals surface area contributed by atoms with E-state index in [0.29, 0.717) is 22.7 Å². The van der Waals surface area contributed by atoms with Gasteiger partial charge in [-0.1, -0.05) is 37.7 Å². The highest BCUT2D eigenvalue weighted by atomic mass is 32.2. The van der Waals surface area contributed by atoms with Crippen molar-refractivity contribution in [1.82, 2.24) is 14.9 Å². The summed E-state index contributed by atoms with van der Waals surface area (Å²) < 4.78 is 6.57. The number of thioether (sulfide) groups is 1. The zero-order valence-electron chi connectivity index (χ0n) is 14.0. The van der Waals surface area contributed by atoms with E-state index in [9.17, 15) is 4.79 Å². The Hall–Kier alpha value is -2.74. The summed E-state index contributed by atoms with van der Waals surface area (Å²) in [5, 5.41) is 11.3. The van der Waals surface area contributed by atoms with Gasteiger partial charge in [0.2, 0.25) is 16.9 Å². The van der Waals surface area contributed by atoms with Crippen LogP contribution in [-0.4, -0.2) is 26.5 Å². The summed E-state index contributed by atoms with van der Waals surface area (Å²) in [6, 6.07) is 11.3. The Morgan fingerprint density at radius 2 is 2.04 bits per heavy atom. The predicted molar refractivity (Wildman–Crippen MR) is 97.8 cm³/mol. The van der Waals surface area contributed by atoms with Gasteiger partial charge in [-0.05, 0) is 35.7 Å². The van der Waals surface area contributed by atoms with Crippen molar-refractivity contribution >= 4 is 23.4 Å². The quantitative estimate of drug-likeness (QED) is 0.519. The number of nitrogens with one attached hydrogen (secondary N) is 1. The monoisotopic (exact) mass is 357 g/mol. The predicted octanol–water partition coefficient (Wildman–Crippen LogP) is 3.11. The second-order valence-corrected chi connectivity index (χ2v) is 6.71. The molecule has 0 bridgehead atoms. The first-order valence-corrected chi connectivity index (χ1v) is 8.80. The first-order valence-electron chi connectivity index (χ1n) is 7.81. The fraction of sp³-hybridized carbons (Fsp3) is 0.235. The molecular formula is C17H19N5O2S. The van der Waals surface area contributed by atoms with Crippen LogP contribution in [0.5, 0.6) is 0 Å². The fourth-order valence-corrected chi connectivity index (χ4v) is 2.88. The van der Waals surface area contributed by atoms with Crippen molar-refractivity contribution in [3.63, 3.8) is 0 Å². The van der Waals surface area contributed by atoms with Gasteiger partial charge < -0.3 is 15.6 Å². The molecule has 2 aromatic heterocycles. The number of hydrogen-bond donors (Lipinski definition) is 2. The Kier molecular flexibility index (Phi) is 5.08. The van der Waals surface area contributed by atoms with Crippen LogP contribution >= 0.6 is 11.8 Å². The summed E-state index contributed by atoms with van der Waals surface area (Å²) in [5.41, 5.74) is 1.99. The van der Waals surface area contributed by atoms with E-state index < -0.39 is 0 Å². The SMILES string of the molecule is CC(C)c1ccc(NC(=O)CSc2nnc(-c3ccco3)n2N)cc1. The summed E-state index contributed by atoms with van der Waals surface area (Å²) in [6.45, 7) is 4.26. The Bertz CT molecular complexity index is 841. The van der Waals surface area contributed by atoms with Crippen molar-refractivity contribution in [2.24, 2.45) is 0 Å². The molecule has 1 aromatic carbocycles. The lowest BCUT2D eigenvalue weighted by atomic mass is 10.0. The van der Waals surface area contributed by atoms with Crippen molar-refractivity contribution < 1.29 is 9.21 Å². The van der Waals surface area contributed by atoms with Crippen molar-refractivity contribution in [3.05, 3.63) is 48.2 Å². The summed E-state index contributed by atoms with van der Waals surface area (Å²) in [6.07, 6.45) is 1.54. The largest absolute Gasteiger partial charge is 0.461 e. The van der Waals surface area contributed by atoms with E-state index in [0.717, 1.165) is 5.69 Å². The molecule has 130 valence electrons. The molecule has 8 heteroatoms. The van der Waals surface area contributed by atoms with E-state index in [2.05, 4.69) is 29.4 Å². The summed E-state index contributed by atoms with van der Waals surface area (Å²) >= 11 is 1.21. The maximum Gasteiger partial charge on any atom is 0.234 e. The molecule has 3 rings (SSSR count). The van der Waals surface area contributed by atoms with Gasteiger partial charge >= 0.3 is 0 Å². The van der Waals surface area contributed by atoms with Gasteiger partial charge in [-0.25, -0.2) is 4.68 Å². The topological polar surface area (TPSA) is 99.0 Å². The maximum atomic E-state index is 12.1. The molecule has 0 saturated carbocycles. The molecule has 1 amide bonds. The third kappa shape index (κ3) is 4.03. The molecule has 0 atom stereocenters. The standard InChI is InChI=1S/C17H19N5O2S/c1-11(2)12-5-7-13(8-6-12)19-15(23)10-25-17-21-20-16(22(17)18)14-4-3-9-24-14/h3-9,11H,10,18H2,1-2H3,(H,19,23). The Balaban J connectivity index is 1.57. The highest BCUT2D eigenvalue weighted by molar-refractivity contribution is 7.99. The van der Waals surface area contributed by atoms with Gasteiger partial charge in [0.15, 0.2) is 5.76 Å². The van der Waals surface area contributed by atoms with Crippen LogP contribution in [-0.2, 0) is 4.79 Å². The van der Waals surface area contributed by atoms with E-state index in [1.807, 2.05) is 24.3 Å². The highest BCUT2D eigenvalue weighted by Gasteiger charge is 2.15. The molecular weight excluding hydrogens is 338 g/mol. The maximum absolute atomic E-state index is 12.1. The number of furan rings is 1. The van der Waals surface area contributed by atoms with Crippen LogP contribution in [0.15, 0.2) is 52.2 Å².